The Morgan fingerprint density at radius 3 is 2.46 bits per heavy atom. The van der Waals surface area contributed by atoms with Crippen LogP contribution in [0, 0.1) is 6.92 Å². The van der Waals surface area contributed by atoms with Crippen LogP contribution in [-0.4, -0.2) is 36.0 Å². The zero-order chi connectivity index (χ0) is 17.5. The molecule has 0 N–H and O–H groups in total. The molecule has 24 heavy (non-hydrogen) atoms. The van der Waals surface area contributed by atoms with Gasteiger partial charge >= 0.3 is 0 Å². The van der Waals surface area contributed by atoms with Crippen molar-refractivity contribution in [1.29, 1.82) is 0 Å². The molecule has 3 rings (SSSR count). The van der Waals surface area contributed by atoms with Crippen molar-refractivity contribution in [3.05, 3.63) is 41.5 Å². The van der Waals surface area contributed by atoms with Gasteiger partial charge in [-0.05, 0) is 25.5 Å². The van der Waals surface area contributed by atoms with Crippen molar-refractivity contribution in [3.63, 3.8) is 0 Å². The molecule has 1 aromatic carbocycles. The lowest BCUT2D eigenvalue weighted by atomic mass is 9.96. The van der Waals surface area contributed by atoms with Gasteiger partial charge in [0.25, 0.3) is 0 Å². The molecule has 1 aliphatic heterocycles. The molecule has 0 amide bonds. The Morgan fingerprint density at radius 2 is 1.88 bits per heavy atom. The Hall–Kier alpha value is -1.73. The Kier molecular flexibility index (Phi) is 4.25. The minimum atomic E-state index is -3.47. The maximum Gasteiger partial charge on any atom is 0.243 e. The molecule has 1 saturated heterocycles. The molecule has 2 heterocycles. The van der Waals surface area contributed by atoms with Crippen molar-refractivity contribution in [2.24, 2.45) is 0 Å². The van der Waals surface area contributed by atoms with E-state index in [0.29, 0.717) is 36.1 Å². The number of sulfonamides is 1. The van der Waals surface area contributed by atoms with E-state index in [2.05, 4.69) is 10.1 Å². The van der Waals surface area contributed by atoms with Gasteiger partial charge in [-0.3, -0.25) is 0 Å². The van der Waals surface area contributed by atoms with Gasteiger partial charge in [0, 0.05) is 18.5 Å². The number of aromatic nitrogens is 2. The van der Waals surface area contributed by atoms with Gasteiger partial charge in [0.2, 0.25) is 15.9 Å². The smallest absolute Gasteiger partial charge is 0.243 e. The van der Waals surface area contributed by atoms with Crippen LogP contribution in [0.5, 0.6) is 0 Å². The Balaban J connectivity index is 1.77. The largest absolute Gasteiger partial charge is 0.339 e. The van der Waals surface area contributed by atoms with E-state index in [1.165, 1.54) is 4.31 Å². The molecule has 1 fully saturated rings. The van der Waals surface area contributed by atoms with E-state index in [0.717, 1.165) is 5.56 Å². The molecule has 1 aliphatic rings. The van der Waals surface area contributed by atoms with Crippen LogP contribution in [0.4, 0.5) is 0 Å². The van der Waals surface area contributed by atoms with Crippen molar-refractivity contribution < 1.29 is 12.9 Å². The highest BCUT2D eigenvalue weighted by atomic mass is 32.2. The number of hydrogen-bond acceptors (Lipinski definition) is 5. The maximum atomic E-state index is 12.7. The molecule has 0 saturated carbocycles. The number of nitrogens with zero attached hydrogens (tertiary/aromatic N) is 3. The van der Waals surface area contributed by atoms with Crippen molar-refractivity contribution in [2.75, 3.05) is 13.1 Å². The lowest BCUT2D eigenvalue weighted by Crippen LogP contribution is -2.28. The molecule has 130 valence electrons. The van der Waals surface area contributed by atoms with E-state index in [4.69, 9.17) is 4.52 Å². The van der Waals surface area contributed by atoms with Crippen LogP contribution in [0.1, 0.15) is 50.4 Å². The summed E-state index contributed by atoms with van der Waals surface area (Å²) in [7, 11) is -3.47. The van der Waals surface area contributed by atoms with Gasteiger partial charge in [-0.1, -0.05) is 43.6 Å². The standard InChI is InChI=1S/C17H23N3O3S/c1-12-5-7-14(8-6-12)24(21,22)20-10-9-13(11-20)15-18-16(19-23-15)17(2,3)4/h5-8,13H,9-11H2,1-4H3/t13-/m0/s1. The molecule has 0 aliphatic carbocycles. The van der Waals surface area contributed by atoms with Gasteiger partial charge in [-0.15, -0.1) is 0 Å². The van der Waals surface area contributed by atoms with E-state index in [1.807, 2.05) is 39.8 Å². The molecular weight excluding hydrogens is 326 g/mol. The molecule has 6 nitrogen and oxygen atoms in total. The fraction of sp³-hybridized carbons (Fsp3) is 0.529. The first kappa shape index (κ1) is 17.1. The van der Waals surface area contributed by atoms with Gasteiger partial charge in [-0.25, -0.2) is 8.42 Å². The van der Waals surface area contributed by atoms with E-state index in [-0.39, 0.29) is 11.3 Å². The predicted molar refractivity (Wildman–Crippen MR) is 90.3 cm³/mol. The molecule has 0 radical (unpaired) electrons. The van der Waals surface area contributed by atoms with Crippen molar-refractivity contribution >= 4 is 10.0 Å². The molecule has 7 heteroatoms. The number of rotatable bonds is 3. The summed E-state index contributed by atoms with van der Waals surface area (Å²) < 4.78 is 32.4. The summed E-state index contributed by atoms with van der Waals surface area (Å²) in [4.78, 5) is 4.79. The summed E-state index contributed by atoms with van der Waals surface area (Å²) in [5, 5.41) is 4.03. The monoisotopic (exact) mass is 349 g/mol. The van der Waals surface area contributed by atoms with Gasteiger partial charge in [0.05, 0.1) is 10.8 Å². The SMILES string of the molecule is Cc1ccc(S(=O)(=O)N2CC[C@H](c3nc(C(C)(C)C)no3)C2)cc1. The Bertz CT molecular complexity index is 820. The van der Waals surface area contributed by atoms with Gasteiger partial charge in [0.1, 0.15) is 0 Å². The number of aryl methyl sites for hydroxylation is 1. The summed E-state index contributed by atoms with van der Waals surface area (Å²) in [6.07, 6.45) is 0.691. The quantitative estimate of drug-likeness (QED) is 0.851. The topological polar surface area (TPSA) is 76.3 Å². The minimum Gasteiger partial charge on any atom is -0.339 e. The predicted octanol–water partition coefficient (Wildman–Crippen LogP) is 2.85. The Labute approximate surface area is 142 Å². The highest BCUT2D eigenvalue weighted by molar-refractivity contribution is 7.89. The lowest BCUT2D eigenvalue weighted by Gasteiger charge is -2.16. The van der Waals surface area contributed by atoms with E-state index in [9.17, 15) is 8.42 Å². The summed E-state index contributed by atoms with van der Waals surface area (Å²) in [6.45, 7) is 8.83. The van der Waals surface area contributed by atoms with Crippen molar-refractivity contribution in [3.8, 4) is 0 Å². The fourth-order valence-electron chi connectivity index (χ4n) is 2.71. The highest BCUT2D eigenvalue weighted by Gasteiger charge is 2.36. The van der Waals surface area contributed by atoms with Crippen LogP contribution >= 0.6 is 0 Å². The minimum absolute atomic E-state index is 0.0474. The number of benzene rings is 1. The average Bonchev–Trinajstić information content (AvgIpc) is 3.16. The second-order valence-corrected chi connectivity index (χ2v) is 9.31. The van der Waals surface area contributed by atoms with E-state index in [1.54, 1.807) is 12.1 Å². The second kappa shape index (κ2) is 5.97. The average molecular weight is 349 g/mol. The first-order valence-corrected chi connectivity index (χ1v) is 9.53. The maximum absolute atomic E-state index is 12.7. The molecular formula is C17H23N3O3S. The third-order valence-electron chi connectivity index (χ3n) is 4.27. The molecule has 0 unspecified atom stereocenters. The van der Waals surface area contributed by atoms with Gasteiger partial charge in [-0.2, -0.15) is 9.29 Å². The van der Waals surface area contributed by atoms with Crippen LogP contribution in [-0.2, 0) is 15.4 Å². The van der Waals surface area contributed by atoms with Crippen LogP contribution in [0.25, 0.3) is 0 Å². The molecule has 1 atom stereocenters. The third kappa shape index (κ3) is 3.23. The van der Waals surface area contributed by atoms with Crippen LogP contribution in [0.3, 0.4) is 0 Å². The van der Waals surface area contributed by atoms with Crippen molar-refractivity contribution in [2.45, 2.75) is 50.3 Å². The molecule has 1 aromatic heterocycles. The Morgan fingerprint density at radius 1 is 1.21 bits per heavy atom. The zero-order valence-electron chi connectivity index (χ0n) is 14.5. The zero-order valence-corrected chi connectivity index (χ0v) is 15.3. The van der Waals surface area contributed by atoms with E-state index < -0.39 is 10.0 Å². The second-order valence-electron chi connectivity index (χ2n) is 7.37. The van der Waals surface area contributed by atoms with Gasteiger partial charge < -0.3 is 4.52 Å². The summed E-state index contributed by atoms with van der Waals surface area (Å²) >= 11 is 0. The van der Waals surface area contributed by atoms with Crippen LogP contribution < -0.4 is 0 Å². The molecule has 2 aromatic rings. The van der Waals surface area contributed by atoms with Crippen LogP contribution in [0.2, 0.25) is 0 Å². The first-order valence-electron chi connectivity index (χ1n) is 8.09. The lowest BCUT2D eigenvalue weighted by molar-refractivity contribution is 0.343. The fourth-order valence-corrected chi connectivity index (χ4v) is 4.21. The van der Waals surface area contributed by atoms with E-state index >= 15 is 0 Å². The normalized spacial score (nSPS) is 19.8. The first-order chi connectivity index (χ1) is 11.2. The molecule has 0 bridgehead atoms. The summed E-state index contributed by atoms with van der Waals surface area (Å²) in [5.74, 6) is 1.13. The molecule has 0 spiro atoms. The summed E-state index contributed by atoms with van der Waals surface area (Å²) in [6, 6.07) is 6.94. The summed E-state index contributed by atoms with van der Waals surface area (Å²) in [5.41, 5.74) is 0.849. The van der Waals surface area contributed by atoms with Gasteiger partial charge in [0.15, 0.2) is 5.82 Å². The van der Waals surface area contributed by atoms with Crippen LogP contribution in [0.15, 0.2) is 33.7 Å². The third-order valence-corrected chi connectivity index (χ3v) is 6.15. The number of hydrogen-bond donors (Lipinski definition) is 0. The van der Waals surface area contributed by atoms with Crippen molar-refractivity contribution in [1.82, 2.24) is 14.4 Å². The highest BCUT2D eigenvalue weighted by Crippen LogP contribution is 2.31.